The van der Waals surface area contributed by atoms with Crippen molar-refractivity contribution in [1.29, 1.82) is 0 Å². The van der Waals surface area contributed by atoms with Crippen LogP contribution in [0.1, 0.15) is 27.0 Å². The van der Waals surface area contributed by atoms with Crippen molar-refractivity contribution in [1.82, 2.24) is 4.98 Å². The van der Waals surface area contributed by atoms with Crippen LogP contribution in [0.4, 0.5) is 11.5 Å². The Morgan fingerprint density at radius 2 is 1.58 bits per heavy atom. The summed E-state index contributed by atoms with van der Waals surface area (Å²) in [7, 11) is 0. The van der Waals surface area contributed by atoms with Crippen molar-refractivity contribution >= 4 is 28.3 Å². The highest BCUT2D eigenvalue weighted by Crippen LogP contribution is 2.35. The molecule has 0 atom stereocenters. The zero-order valence-electron chi connectivity index (χ0n) is 16.6. The van der Waals surface area contributed by atoms with Gasteiger partial charge in [0.1, 0.15) is 5.56 Å². The average Bonchev–Trinajstić information content (AvgIpc) is 2.78. The second kappa shape index (κ2) is 8.62. The molecule has 0 radical (unpaired) electrons. The summed E-state index contributed by atoms with van der Waals surface area (Å²) in [6.07, 6.45) is 0.494. The molecule has 1 heterocycles. The molecule has 154 valence electrons. The molecule has 4 rings (SSSR count). The maximum atomic E-state index is 12.4. The first-order chi connectivity index (χ1) is 15.0. The lowest BCUT2D eigenvalue weighted by atomic mass is 9.96. The van der Waals surface area contributed by atoms with E-state index in [-0.39, 0.29) is 11.4 Å². The normalized spacial score (nSPS) is 10.7. The number of carbonyl (C=O) groups excluding carboxylic acids is 1. The van der Waals surface area contributed by atoms with Gasteiger partial charge in [0.2, 0.25) is 5.82 Å². The molecule has 0 aliphatic carbocycles. The van der Waals surface area contributed by atoms with Crippen LogP contribution in [0.2, 0.25) is 0 Å². The fourth-order valence-electron chi connectivity index (χ4n) is 3.66. The number of nitrogens with one attached hydrogen (secondary N) is 1. The Morgan fingerprint density at radius 1 is 0.935 bits per heavy atom. The minimum atomic E-state index is -0.859. The smallest absolute Gasteiger partial charge is 0.324 e. The van der Waals surface area contributed by atoms with Crippen LogP contribution in [0, 0.1) is 10.1 Å². The van der Waals surface area contributed by atoms with Gasteiger partial charge in [-0.05, 0) is 29.2 Å². The minimum Gasteiger partial charge on any atom is -0.365 e. The third-order valence-electron chi connectivity index (χ3n) is 5.04. The molecule has 1 aromatic heterocycles. The topological polar surface area (TPSA) is 111 Å². The summed E-state index contributed by atoms with van der Waals surface area (Å²) >= 11 is 0. The monoisotopic (exact) mass is 412 g/mol. The molecular formula is C24H20N4O3. The quantitative estimate of drug-likeness (QED) is 0.344. The Morgan fingerprint density at radius 3 is 2.19 bits per heavy atom. The van der Waals surface area contributed by atoms with E-state index in [0.29, 0.717) is 23.9 Å². The second-order valence-electron chi connectivity index (χ2n) is 7.12. The number of nitrogens with two attached hydrogens (primary N) is 1. The number of pyridine rings is 1. The molecule has 1 amide bonds. The summed E-state index contributed by atoms with van der Waals surface area (Å²) in [5, 5.41) is 15.4. The van der Waals surface area contributed by atoms with E-state index in [2.05, 4.69) is 10.3 Å². The molecule has 0 saturated carbocycles. The van der Waals surface area contributed by atoms with Gasteiger partial charge in [0.15, 0.2) is 0 Å². The minimum absolute atomic E-state index is 0.0204. The number of amides is 1. The van der Waals surface area contributed by atoms with Crippen LogP contribution >= 0.6 is 0 Å². The molecule has 0 aliphatic rings. The SMILES string of the molecule is NC(=O)c1c([N+](=O)[O-])c(NCc2ccccc2)nc2cccc(Cc3ccccc3)c12. The van der Waals surface area contributed by atoms with Crippen LogP contribution in [-0.2, 0) is 13.0 Å². The highest BCUT2D eigenvalue weighted by Gasteiger charge is 2.29. The van der Waals surface area contributed by atoms with Gasteiger partial charge in [-0.3, -0.25) is 14.9 Å². The number of nitro groups is 1. The van der Waals surface area contributed by atoms with E-state index in [4.69, 9.17) is 5.73 Å². The first-order valence-corrected chi connectivity index (χ1v) is 9.76. The van der Waals surface area contributed by atoms with E-state index in [1.807, 2.05) is 72.8 Å². The Kier molecular flexibility index (Phi) is 5.57. The molecular weight excluding hydrogens is 392 g/mol. The Hall–Kier alpha value is -4.26. The molecule has 0 aliphatic heterocycles. The number of benzene rings is 3. The first kappa shape index (κ1) is 20.0. The second-order valence-corrected chi connectivity index (χ2v) is 7.12. The van der Waals surface area contributed by atoms with Gasteiger partial charge in [0.25, 0.3) is 5.91 Å². The van der Waals surface area contributed by atoms with Gasteiger partial charge in [0, 0.05) is 11.9 Å². The van der Waals surface area contributed by atoms with E-state index in [9.17, 15) is 14.9 Å². The summed E-state index contributed by atoms with van der Waals surface area (Å²) in [6.45, 7) is 0.322. The summed E-state index contributed by atoms with van der Waals surface area (Å²) < 4.78 is 0. The fourth-order valence-corrected chi connectivity index (χ4v) is 3.66. The van der Waals surface area contributed by atoms with Crippen LogP contribution in [0.3, 0.4) is 0 Å². The van der Waals surface area contributed by atoms with Crippen molar-refractivity contribution in [2.24, 2.45) is 5.73 Å². The summed E-state index contributed by atoms with van der Waals surface area (Å²) in [5.74, 6) is -0.839. The first-order valence-electron chi connectivity index (χ1n) is 9.76. The van der Waals surface area contributed by atoms with E-state index in [1.54, 1.807) is 6.07 Å². The lowest BCUT2D eigenvalue weighted by Crippen LogP contribution is -2.17. The third kappa shape index (κ3) is 4.20. The molecule has 7 heteroatoms. The molecule has 4 aromatic rings. The van der Waals surface area contributed by atoms with Crippen LogP contribution in [0.25, 0.3) is 10.9 Å². The van der Waals surface area contributed by atoms with E-state index >= 15 is 0 Å². The number of aromatic nitrogens is 1. The fraction of sp³-hybridized carbons (Fsp3) is 0.0833. The molecule has 7 nitrogen and oxygen atoms in total. The van der Waals surface area contributed by atoms with Gasteiger partial charge in [0.05, 0.1) is 10.4 Å². The van der Waals surface area contributed by atoms with Gasteiger partial charge < -0.3 is 11.1 Å². The van der Waals surface area contributed by atoms with E-state index in [0.717, 1.165) is 16.7 Å². The molecule has 0 spiro atoms. The molecule has 0 fully saturated rings. The van der Waals surface area contributed by atoms with Gasteiger partial charge in [-0.15, -0.1) is 0 Å². The van der Waals surface area contributed by atoms with Crippen molar-refractivity contribution < 1.29 is 9.72 Å². The lowest BCUT2D eigenvalue weighted by Gasteiger charge is -2.14. The highest BCUT2D eigenvalue weighted by molar-refractivity contribution is 6.11. The van der Waals surface area contributed by atoms with Crippen molar-refractivity contribution in [2.45, 2.75) is 13.0 Å². The highest BCUT2D eigenvalue weighted by atomic mass is 16.6. The largest absolute Gasteiger partial charge is 0.365 e. The number of hydrogen-bond donors (Lipinski definition) is 2. The van der Waals surface area contributed by atoms with Gasteiger partial charge in [-0.2, -0.15) is 0 Å². The predicted molar refractivity (Wildman–Crippen MR) is 120 cm³/mol. The number of hydrogen-bond acceptors (Lipinski definition) is 5. The number of primary amides is 1. The number of nitrogens with zero attached hydrogens (tertiary/aromatic N) is 2. The van der Waals surface area contributed by atoms with E-state index in [1.165, 1.54) is 0 Å². The van der Waals surface area contributed by atoms with Gasteiger partial charge >= 0.3 is 5.69 Å². The van der Waals surface area contributed by atoms with Crippen molar-refractivity contribution in [2.75, 3.05) is 5.32 Å². The number of fused-ring (bicyclic) bond motifs is 1. The van der Waals surface area contributed by atoms with E-state index < -0.39 is 16.5 Å². The van der Waals surface area contributed by atoms with Crippen LogP contribution in [0.5, 0.6) is 0 Å². The van der Waals surface area contributed by atoms with Crippen LogP contribution in [-0.4, -0.2) is 15.8 Å². The average molecular weight is 412 g/mol. The zero-order chi connectivity index (χ0) is 21.8. The Bertz CT molecular complexity index is 1260. The molecule has 0 bridgehead atoms. The Balaban J connectivity index is 1.87. The third-order valence-corrected chi connectivity index (χ3v) is 5.04. The predicted octanol–water partition coefficient (Wildman–Crippen LogP) is 4.44. The molecule has 3 aromatic carbocycles. The Labute approximate surface area is 178 Å². The summed E-state index contributed by atoms with van der Waals surface area (Å²) in [6, 6.07) is 24.5. The zero-order valence-corrected chi connectivity index (χ0v) is 16.6. The van der Waals surface area contributed by atoms with Crippen molar-refractivity contribution in [3.05, 3.63) is 111 Å². The molecule has 31 heavy (non-hydrogen) atoms. The molecule has 0 unspecified atom stereocenters. The summed E-state index contributed by atoms with van der Waals surface area (Å²) in [4.78, 5) is 28.3. The summed E-state index contributed by atoms with van der Waals surface area (Å²) in [5.41, 5.74) is 8.29. The maximum Gasteiger partial charge on any atom is 0.324 e. The number of anilines is 1. The molecule has 3 N–H and O–H groups in total. The van der Waals surface area contributed by atoms with Gasteiger partial charge in [-0.1, -0.05) is 72.8 Å². The maximum absolute atomic E-state index is 12.4. The lowest BCUT2D eigenvalue weighted by molar-refractivity contribution is -0.384. The number of carbonyl (C=O) groups is 1. The van der Waals surface area contributed by atoms with Gasteiger partial charge in [-0.25, -0.2) is 4.98 Å². The van der Waals surface area contributed by atoms with Crippen molar-refractivity contribution in [3.63, 3.8) is 0 Å². The molecule has 0 saturated heterocycles. The standard InChI is InChI=1S/C24H20N4O3/c25-23(29)21-20-18(14-16-8-3-1-4-9-16)12-7-13-19(20)27-24(22(21)28(30)31)26-15-17-10-5-2-6-11-17/h1-13H,14-15H2,(H2,25,29)(H,26,27). The van der Waals surface area contributed by atoms with Crippen molar-refractivity contribution in [3.8, 4) is 0 Å². The van der Waals surface area contributed by atoms with Crippen LogP contribution < -0.4 is 11.1 Å². The number of rotatable bonds is 7. The van der Waals surface area contributed by atoms with Crippen LogP contribution in [0.15, 0.2) is 78.9 Å².